The molecule has 8 heteroatoms. The third-order valence-electron chi connectivity index (χ3n) is 5.53. The number of hydrogen-bond donors (Lipinski definition) is 1. The SMILES string of the molecule is CCN1CCN(C(=O)Cc2nnc(N)s2)[C@@H](Cc2cccc(-c3ccccc3)c2)C1=O. The van der Waals surface area contributed by atoms with Crippen molar-refractivity contribution >= 4 is 28.3 Å². The highest BCUT2D eigenvalue weighted by molar-refractivity contribution is 7.15. The maximum absolute atomic E-state index is 13.2. The van der Waals surface area contributed by atoms with Crippen LogP contribution in [-0.2, 0) is 22.4 Å². The summed E-state index contributed by atoms with van der Waals surface area (Å²) in [5, 5.41) is 8.64. The van der Waals surface area contributed by atoms with E-state index in [4.69, 9.17) is 5.73 Å². The molecule has 0 radical (unpaired) electrons. The Hall–Kier alpha value is -3.26. The maximum atomic E-state index is 13.2. The number of amides is 2. The molecule has 2 heterocycles. The van der Waals surface area contributed by atoms with Crippen LogP contribution in [0.5, 0.6) is 0 Å². The molecule has 7 nitrogen and oxygen atoms in total. The minimum absolute atomic E-state index is 0.0102. The Balaban J connectivity index is 1.57. The first kappa shape index (κ1) is 21.0. The van der Waals surface area contributed by atoms with Gasteiger partial charge in [-0.25, -0.2) is 0 Å². The Kier molecular flexibility index (Phi) is 6.27. The molecule has 2 N–H and O–H groups in total. The molecular formula is C23H25N5O2S. The van der Waals surface area contributed by atoms with Gasteiger partial charge in [0.1, 0.15) is 11.0 Å². The van der Waals surface area contributed by atoms with E-state index in [0.29, 0.717) is 36.2 Å². The number of carbonyl (C=O) groups is 2. The van der Waals surface area contributed by atoms with Gasteiger partial charge in [0.2, 0.25) is 16.9 Å². The van der Waals surface area contributed by atoms with Crippen molar-refractivity contribution in [1.82, 2.24) is 20.0 Å². The van der Waals surface area contributed by atoms with E-state index in [2.05, 4.69) is 34.5 Å². The van der Waals surface area contributed by atoms with Crippen molar-refractivity contribution in [1.29, 1.82) is 0 Å². The molecule has 1 atom stereocenters. The van der Waals surface area contributed by atoms with Gasteiger partial charge in [-0.05, 0) is 23.6 Å². The molecule has 1 saturated heterocycles. The van der Waals surface area contributed by atoms with Crippen LogP contribution >= 0.6 is 11.3 Å². The third kappa shape index (κ3) is 4.74. The second-order valence-corrected chi connectivity index (χ2v) is 8.60. The van der Waals surface area contributed by atoms with Crippen LogP contribution in [0.1, 0.15) is 17.5 Å². The Morgan fingerprint density at radius 2 is 1.87 bits per heavy atom. The number of nitrogens with two attached hydrogens (primary N) is 1. The monoisotopic (exact) mass is 435 g/mol. The van der Waals surface area contributed by atoms with E-state index in [9.17, 15) is 9.59 Å². The molecule has 0 spiro atoms. The minimum atomic E-state index is -0.530. The van der Waals surface area contributed by atoms with Crippen molar-refractivity contribution in [2.24, 2.45) is 0 Å². The number of piperazine rings is 1. The fraction of sp³-hybridized carbons (Fsp3) is 0.304. The Morgan fingerprint density at radius 3 is 2.58 bits per heavy atom. The smallest absolute Gasteiger partial charge is 0.245 e. The molecule has 4 rings (SSSR count). The fourth-order valence-electron chi connectivity index (χ4n) is 3.95. The lowest BCUT2D eigenvalue weighted by molar-refractivity contribution is -0.150. The van der Waals surface area contributed by atoms with Gasteiger partial charge < -0.3 is 15.5 Å². The summed E-state index contributed by atoms with van der Waals surface area (Å²) < 4.78 is 0. The fourth-order valence-corrected chi connectivity index (χ4v) is 4.55. The van der Waals surface area contributed by atoms with Crippen LogP contribution in [0.4, 0.5) is 5.13 Å². The molecule has 1 aliphatic heterocycles. The van der Waals surface area contributed by atoms with E-state index in [1.54, 1.807) is 4.90 Å². The zero-order valence-electron chi connectivity index (χ0n) is 17.4. The predicted molar refractivity (Wildman–Crippen MR) is 121 cm³/mol. The Bertz CT molecular complexity index is 1070. The summed E-state index contributed by atoms with van der Waals surface area (Å²) in [6.07, 6.45) is 0.578. The summed E-state index contributed by atoms with van der Waals surface area (Å²) >= 11 is 1.20. The lowest BCUT2D eigenvalue weighted by atomic mass is 9.97. The van der Waals surface area contributed by atoms with E-state index >= 15 is 0 Å². The van der Waals surface area contributed by atoms with Gasteiger partial charge in [0.25, 0.3) is 0 Å². The van der Waals surface area contributed by atoms with Crippen LogP contribution in [0, 0.1) is 0 Å². The van der Waals surface area contributed by atoms with Gasteiger partial charge in [-0.2, -0.15) is 0 Å². The summed E-state index contributed by atoms with van der Waals surface area (Å²) in [5.41, 5.74) is 8.88. The molecule has 31 heavy (non-hydrogen) atoms. The normalized spacial score (nSPS) is 16.5. The highest BCUT2D eigenvalue weighted by Gasteiger charge is 2.37. The van der Waals surface area contributed by atoms with Crippen molar-refractivity contribution in [3.05, 3.63) is 65.2 Å². The number of carbonyl (C=O) groups excluding carboxylic acids is 2. The quantitative estimate of drug-likeness (QED) is 0.643. The number of nitrogens with zero attached hydrogens (tertiary/aromatic N) is 4. The Morgan fingerprint density at radius 1 is 1.10 bits per heavy atom. The number of benzene rings is 2. The first-order chi connectivity index (χ1) is 15.0. The number of nitrogen functional groups attached to an aromatic ring is 1. The molecule has 160 valence electrons. The molecule has 0 saturated carbocycles. The van der Waals surface area contributed by atoms with Gasteiger partial charge in [-0.15, -0.1) is 10.2 Å². The van der Waals surface area contributed by atoms with Crippen molar-refractivity contribution in [3.8, 4) is 11.1 Å². The molecule has 1 fully saturated rings. The molecule has 0 aliphatic carbocycles. The number of likely N-dealkylation sites (N-methyl/N-ethyl adjacent to an activating group) is 1. The van der Waals surface area contributed by atoms with Gasteiger partial charge in [-0.1, -0.05) is 65.9 Å². The third-order valence-corrected chi connectivity index (χ3v) is 6.29. The molecule has 1 aliphatic rings. The average molecular weight is 436 g/mol. The van der Waals surface area contributed by atoms with Gasteiger partial charge in [0.15, 0.2) is 0 Å². The van der Waals surface area contributed by atoms with Crippen molar-refractivity contribution in [2.45, 2.75) is 25.8 Å². The topological polar surface area (TPSA) is 92.4 Å². The number of anilines is 1. The van der Waals surface area contributed by atoms with Crippen molar-refractivity contribution in [2.75, 3.05) is 25.4 Å². The molecule has 2 aromatic carbocycles. The lowest BCUT2D eigenvalue weighted by Gasteiger charge is -2.40. The van der Waals surface area contributed by atoms with Crippen LogP contribution in [0.25, 0.3) is 11.1 Å². The summed E-state index contributed by atoms with van der Waals surface area (Å²) in [4.78, 5) is 29.7. The van der Waals surface area contributed by atoms with E-state index in [0.717, 1.165) is 16.7 Å². The second kappa shape index (κ2) is 9.26. The van der Waals surface area contributed by atoms with E-state index < -0.39 is 6.04 Å². The van der Waals surface area contributed by atoms with Gasteiger partial charge >= 0.3 is 0 Å². The zero-order valence-corrected chi connectivity index (χ0v) is 18.2. The first-order valence-electron chi connectivity index (χ1n) is 10.4. The highest BCUT2D eigenvalue weighted by atomic mass is 32.1. The highest BCUT2D eigenvalue weighted by Crippen LogP contribution is 2.24. The number of hydrogen-bond acceptors (Lipinski definition) is 6. The van der Waals surface area contributed by atoms with Gasteiger partial charge in [0.05, 0.1) is 6.42 Å². The van der Waals surface area contributed by atoms with Crippen LogP contribution in [-0.4, -0.2) is 57.5 Å². The van der Waals surface area contributed by atoms with Crippen molar-refractivity contribution in [3.63, 3.8) is 0 Å². The predicted octanol–water partition coefficient (Wildman–Crippen LogP) is 2.63. The largest absolute Gasteiger partial charge is 0.374 e. The minimum Gasteiger partial charge on any atom is -0.374 e. The van der Waals surface area contributed by atoms with E-state index in [-0.39, 0.29) is 18.2 Å². The Labute approximate surface area is 185 Å². The molecule has 2 amide bonds. The zero-order chi connectivity index (χ0) is 21.8. The first-order valence-corrected chi connectivity index (χ1v) is 11.2. The summed E-state index contributed by atoms with van der Waals surface area (Å²) in [5.74, 6) is -0.131. The summed E-state index contributed by atoms with van der Waals surface area (Å²) in [7, 11) is 0. The lowest BCUT2D eigenvalue weighted by Crippen LogP contribution is -2.59. The number of rotatable bonds is 6. The van der Waals surface area contributed by atoms with Crippen LogP contribution in [0.15, 0.2) is 54.6 Å². The summed E-state index contributed by atoms with van der Waals surface area (Å²) in [6, 6.07) is 17.8. The summed E-state index contributed by atoms with van der Waals surface area (Å²) in [6.45, 7) is 3.65. The average Bonchev–Trinajstić information content (AvgIpc) is 3.20. The maximum Gasteiger partial charge on any atom is 0.245 e. The molecule has 1 aromatic heterocycles. The second-order valence-electron chi connectivity index (χ2n) is 7.50. The molecule has 0 bridgehead atoms. The standard InChI is InChI=1S/C23H25N5O2S/c1-2-27-11-12-28(21(29)15-20-25-26-23(24)31-20)19(22(27)30)14-16-7-6-10-18(13-16)17-8-4-3-5-9-17/h3-10,13,19H,2,11-12,14-15H2,1H3,(H2,24,26)/t19-/m0/s1. The van der Waals surface area contributed by atoms with Gasteiger partial charge in [-0.3, -0.25) is 9.59 Å². The number of aromatic nitrogens is 2. The van der Waals surface area contributed by atoms with Crippen molar-refractivity contribution < 1.29 is 9.59 Å². The van der Waals surface area contributed by atoms with Gasteiger partial charge in [0, 0.05) is 26.1 Å². The van der Waals surface area contributed by atoms with Crippen LogP contribution in [0.3, 0.4) is 0 Å². The van der Waals surface area contributed by atoms with E-state index in [1.807, 2.05) is 42.2 Å². The molecular weight excluding hydrogens is 410 g/mol. The van der Waals surface area contributed by atoms with Crippen LogP contribution < -0.4 is 5.73 Å². The molecule has 3 aromatic rings. The van der Waals surface area contributed by atoms with E-state index in [1.165, 1.54) is 11.3 Å². The molecule has 0 unspecified atom stereocenters. The van der Waals surface area contributed by atoms with Crippen LogP contribution in [0.2, 0.25) is 0 Å².